The van der Waals surface area contributed by atoms with Crippen molar-refractivity contribution in [2.24, 2.45) is 0 Å². The highest BCUT2D eigenvalue weighted by molar-refractivity contribution is 7.51. The molecule has 192 valence electrons. The monoisotopic (exact) mass is 540 g/mol. The van der Waals surface area contributed by atoms with E-state index in [4.69, 9.17) is 37.3 Å². The Kier molecular flexibility index (Phi) is 7.39. The maximum atomic E-state index is 14.3. The summed E-state index contributed by atoms with van der Waals surface area (Å²) in [5.74, 6) is 1.83. The fourth-order valence-corrected chi connectivity index (χ4v) is 4.53. The van der Waals surface area contributed by atoms with E-state index in [1.54, 1.807) is 25.1 Å². The number of hydrogen-bond acceptors (Lipinski definition) is 8. The average molecular weight is 541 g/mol. The molecule has 1 aliphatic heterocycles. The minimum absolute atomic E-state index is 0.0636. The highest BCUT2D eigenvalue weighted by atomic mass is 35.5. The topological polar surface area (TPSA) is 159 Å². The molecule has 5 N–H and O–H groups in total. The number of nitrogens with one attached hydrogen (secondary N) is 1. The second kappa shape index (κ2) is 10.0. The van der Waals surface area contributed by atoms with Gasteiger partial charge in [0, 0.05) is 5.56 Å². The zero-order valence-electron chi connectivity index (χ0n) is 18.8. The van der Waals surface area contributed by atoms with Crippen molar-refractivity contribution in [1.82, 2.24) is 14.8 Å². The number of nitrogens with zero attached hydrogens (tertiary/aromatic N) is 3. The van der Waals surface area contributed by atoms with E-state index >= 15 is 0 Å². The SMILES string of the molecule is C#C[C@]1(COCP(=O)(O)O)O[C@@H](n2ncc3c(N[C@@H](C)c4ccccc4F)cc(Cl)nc32)[C@H](O)[C@@H]1O. The maximum Gasteiger partial charge on any atom is 0.350 e. The number of hydrogen-bond donors (Lipinski definition) is 5. The number of rotatable bonds is 8. The van der Waals surface area contributed by atoms with Crippen LogP contribution in [-0.4, -0.2) is 65.5 Å². The van der Waals surface area contributed by atoms with Crippen LogP contribution in [0.2, 0.25) is 5.15 Å². The zero-order valence-corrected chi connectivity index (χ0v) is 20.5. The first-order chi connectivity index (χ1) is 17.0. The van der Waals surface area contributed by atoms with Crippen LogP contribution in [0.4, 0.5) is 10.1 Å². The Labute approximate surface area is 210 Å². The smallest absolute Gasteiger partial charge is 0.350 e. The van der Waals surface area contributed by atoms with Gasteiger partial charge < -0.3 is 34.8 Å². The molecular weight excluding hydrogens is 518 g/mol. The quantitative estimate of drug-likeness (QED) is 0.163. The van der Waals surface area contributed by atoms with E-state index in [0.29, 0.717) is 16.6 Å². The van der Waals surface area contributed by atoms with Crippen molar-refractivity contribution < 1.29 is 38.4 Å². The highest BCUT2D eigenvalue weighted by Crippen LogP contribution is 2.41. The summed E-state index contributed by atoms with van der Waals surface area (Å²) in [6.45, 7) is 1.16. The summed E-state index contributed by atoms with van der Waals surface area (Å²) in [7, 11) is -4.51. The molecule has 5 atom stereocenters. The molecule has 3 heterocycles. The summed E-state index contributed by atoms with van der Waals surface area (Å²) < 4.78 is 37.3. The van der Waals surface area contributed by atoms with Gasteiger partial charge in [0.2, 0.25) is 0 Å². The normalized spacial score (nSPS) is 25.1. The third-order valence-electron chi connectivity index (χ3n) is 5.76. The summed E-state index contributed by atoms with van der Waals surface area (Å²) in [6, 6.07) is 7.39. The number of aliphatic hydroxyl groups excluding tert-OH is 2. The third kappa shape index (κ3) is 5.11. The first-order valence-corrected chi connectivity index (χ1v) is 12.8. The largest absolute Gasteiger partial charge is 0.386 e. The summed E-state index contributed by atoms with van der Waals surface area (Å²) >= 11 is 6.23. The van der Waals surface area contributed by atoms with Crippen molar-refractivity contribution in [1.29, 1.82) is 0 Å². The summed E-state index contributed by atoms with van der Waals surface area (Å²) in [5.41, 5.74) is -0.840. The van der Waals surface area contributed by atoms with Gasteiger partial charge in [-0.05, 0) is 19.1 Å². The molecule has 0 spiro atoms. The average Bonchev–Trinajstić information content (AvgIpc) is 3.33. The molecule has 11 nitrogen and oxygen atoms in total. The van der Waals surface area contributed by atoms with E-state index < -0.39 is 50.6 Å². The van der Waals surface area contributed by atoms with Gasteiger partial charge in [-0.15, -0.1) is 6.42 Å². The van der Waals surface area contributed by atoms with Crippen LogP contribution in [0, 0.1) is 18.2 Å². The first-order valence-electron chi connectivity index (χ1n) is 10.6. The van der Waals surface area contributed by atoms with E-state index in [1.165, 1.54) is 23.0 Å². The minimum Gasteiger partial charge on any atom is -0.386 e. The predicted molar refractivity (Wildman–Crippen MR) is 128 cm³/mol. The van der Waals surface area contributed by atoms with Crippen LogP contribution >= 0.6 is 19.2 Å². The lowest BCUT2D eigenvalue weighted by Crippen LogP contribution is -2.45. The van der Waals surface area contributed by atoms with Gasteiger partial charge in [-0.25, -0.2) is 14.1 Å². The van der Waals surface area contributed by atoms with Gasteiger partial charge in [-0.3, -0.25) is 4.57 Å². The van der Waals surface area contributed by atoms with Crippen molar-refractivity contribution in [3.63, 3.8) is 0 Å². The van der Waals surface area contributed by atoms with E-state index in [1.807, 2.05) is 0 Å². The molecule has 0 radical (unpaired) electrons. The molecular formula is C22H23ClFN4O7P. The van der Waals surface area contributed by atoms with Crippen molar-refractivity contribution in [3.05, 3.63) is 53.1 Å². The van der Waals surface area contributed by atoms with Crippen molar-refractivity contribution in [3.8, 4) is 12.3 Å². The lowest BCUT2D eigenvalue weighted by molar-refractivity contribution is -0.105. The molecule has 0 bridgehead atoms. The minimum atomic E-state index is -4.51. The Morgan fingerprint density at radius 3 is 2.81 bits per heavy atom. The van der Waals surface area contributed by atoms with Gasteiger partial charge in [0.05, 0.1) is 29.9 Å². The first kappa shape index (κ1) is 26.5. The third-order valence-corrected chi connectivity index (χ3v) is 6.48. The molecule has 0 saturated carbocycles. The predicted octanol–water partition coefficient (Wildman–Crippen LogP) is 2.17. The standard InChI is InChI=1S/C22H23ClFN4O7P/c1-3-22(10-34-11-36(31,32)33)19(30)18(29)21(35-22)28-20-14(9-25-28)16(8-17(23)27-20)26-12(2)13-6-4-5-7-15(13)24/h1,4-9,12,18-19,21,29-30H,10-11H2,2H3,(H,26,27)(H2,31,32,33)/t12-,18+,19-,21+,22+/m0/s1. The number of aliphatic hydroxyl groups is 2. The molecule has 3 aromatic rings. The number of anilines is 1. The number of aromatic nitrogens is 3. The maximum absolute atomic E-state index is 14.3. The van der Waals surface area contributed by atoms with Crippen LogP contribution in [0.3, 0.4) is 0 Å². The van der Waals surface area contributed by atoms with Crippen LogP contribution in [-0.2, 0) is 14.0 Å². The van der Waals surface area contributed by atoms with Gasteiger partial charge >= 0.3 is 7.60 Å². The van der Waals surface area contributed by atoms with Gasteiger partial charge in [0.1, 0.15) is 29.5 Å². The second-order valence-electron chi connectivity index (χ2n) is 8.33. The molecule has 14 heteroatoms. The van der Waals surface area contributed by atoms with Crippen molar-refractivity contribution in [2.75, 3.05) is 18.3 Å². The van der Waals surface area contributed by atoms with E-state index in [-0.39, 0.29) is 16.6 Å². The van der Waals surface area contributed by atoms with E-state index in [9.17, 15) is 19.2 Å². The zero-order chi connectivity index (χ0) is 26.3. The number of ether oxygens (including phenoxy) is 2. The molecule has 1 aliphatic rings. The highest BCUT2D eigenvalue weighted by Gasteiger charge is 2.55. The lowest BCUT2D eigenvalue weighted by atomic mass is 9.97. The molecule has 36 heavy (non-hydrogen) atoms. The molecule has 1 fully saturated rings. The Hall–Kier alpha value is -2.59. The van der Waals surface area contributed by atoms with Crippen LogP contribution in [0.15, 0.2) is 36.5 Å². The number of halogens is 2. The number of terminal acetylenes is 1. The Morgan fingerprint density at radius 2 is 2.14 bits per heavy atom. The van der Waals surface area contributed by atoms with Crippen LogP contribution in [0.1, 0.15) is 24.8 Å². The Balaban J connectivity index is 1.65. The van der Waals surface area contributed by atoms with Gasteiger partial charge in [-0.1, -0.05) is 35.7 Å². The van der Waals surface area contributed by atoms with Crippen molar-refractivity contribution >= 4 is 35.9 Å². The molecule has 2 aromatic heterocycles. The fourth-order valence-electron chi connectivity index (χ4n) is 4.01. The summed E-state index contributed by atoms with van der Waals surface area (Å²) in [6.07, 6.45) is 1.40. The Morgan fingerprint density at radius 1 is 1.42 bits per heavy atom. The van der Waals surface area contributed by atoms with E-state index in [2.05, 4.69) is 21.3 Å². The second-order valence-corrected chi connectivity index (χ2v) is 10.3. The lowest BCUT2D eigenvalue weighted by Gasteiger charge is -2.26. The molecule has 0 aliphatic carbocycles. The van der Waals surface area contributed by atoms with E-state index in [0.717, 1.165) is 0 Å². The number of fused-ring (bicyclic) bond motifs is 1. The number of benzene rings is 1. The molecule has 0 unspecified atom stereocenters. The van der Waals surface area contributed by atoms with Crippen LogP contribution in [0.5, 0.6) is 0 Å². The summed E-state index contributed by atoms with van der Waals surface area (Å²) in [4.78, 5) is 22.3. The van der Waals surface area contributed by atoms with Gasteiger partial charge in [0.15, 0.2) is 17.5 Å². The molecule has 1 saturated heterocycles. The summed E-state index contributed by atoms with van der Waals surface area (Å²) in [5, 5.41) is 29.3. The van der Waals surface area contributed by atoms with Gasteiger partial charge in [-0.2, -0.15) is 5.10 Å². The van der Waals surface area contributed by atoms with Crippen molar-refractivity contribution in [2.45, 2.75) is 37.0 Å². The fraction of sp³-hybridized carbons (Fsp3) is 0.364. The van der Waals surface area contributed by atoms with Crippen LogP contribution < -0.4 is 5.32 Å². The molecule has 4 rings (SSSR count). The van der Waals surface area contributed by atoms with Gasteiger partial charge in [0.25, 0.3) is 0 Å². The van der Waals surface area contributed by atoms with Crippen LogP contribution in [0.25, 0.3) is 11.0 Å². The number of pyridine rings is 1. The Bertz CT molecular complexity index is 1360. The molecule has 1 aromatic carbocycles. The molecule has 0 amide bonds.